The number of nitrogens with two attached hydrogens (primary N) is 1. The first kappa shape index (κ1) is 26.9. The van der Waals surface area contributed by atoms with E-state index in [1.807, 2.05) is 72.7 Å². The number of hydrogen-bond donors (Lipinski definition) is 3. The van der Waals surface area contributed by atoms with Gasteiger partial charge >= 0.3 is 0 Å². The van der Waals surface area contributed by atoms with E-state index < -0.39 is 0 Å². The molecule has 0 fully saturated rings. The zero-order chi connectivity index (χ0) is 23.1. The minimum atomic E-state index is 0.645. The summed E-state index contributed by atoms with van der Waals surface area (Å²) in [6.07, 6.45) is 3.44. The maximum atomic E-state index is 5.67. The van der Waals surface area contributed by atoms with Crippen LogP contribution in [0, 0.1) is 20.8 Å². The number of nitrogens with zero attached hydrogens (tertiary/aromatic N) is 2. The Kier molecular flexibility index (Phi) is 13.3. The van der Waals surface area contributed by atoms with Crippen LogP contribution in [0.1, 0.15) is 58.2 Å². The molecule has 4 N–H and O–H groups in total. The van der Waals surface area contributed by atoms with Crippen LogP contribution in [0.2, 0.25) is 0 Å². The molecule has 0 aliphatic heterocycles. The van der Waals surface area contributed by atoms with Gasteiger partial charge in [0.15, 0.2) is 0 Å². The average molecular weight is 410 g/mol. The molecule has 0 aliphatic carbocycles. The molecule has 0 saturated heterocycles. The van der Waals surface area contributed by atoms with Crippen LogP contribution in [0.4, 0.5) is 17.1 Å². The molecule has 1 aromatic carbocycles. The van der Waals surface area contributed by atoms with Gasteiger partial charge in [-0.25, -0.2) is 0 Å². The zero-order valence-electron chi connectivity index (χ0n) is 20.1. The largest absolute Gasteiger partial charge is 0.397 e. The minimum absolute atomic E-state index is 0.645. The molecule has 0 aliphatic rings. The maximum absolute atomic E-state index is 5.67. The molecule has 0 radical (unpaired) electrons. The van der Waals surface area contributed by atoms with E-state index in [-0.39, 0.29) is 0 Å². The monoisotopic (exact) mass is 409 g/mol. The van der Waals surface area contributed by atoms with Crippen molar-refractivity contribution in [2.45, 2.75) is 62.3 Å². The Balaban J connectivity index is 0.00000129. The predicted molar refractivity (Wildman–Crippen MR) is 134 cm³/mol. The fourth-order valence-corrected chi connectivity index (χ4v) is 2.34. The van der Waals surface area contributed by atoms with Gasteiger partial charge in [-0.15, -0.1) is 0 Å². The van der Waals surface area contributed by atoms with E-state index in [0.29, 0.717) is 5.69 Å². The number of aromatic nitrogens is 2. The molecule has 5 nitrogen and oxygen atoms in total. The second kappa shape index (κ2) is 14.9. The number of hydrogen-bond acceptors (Lipinski definition) is 5. The van der Waals surface area contributed by atoms with Gasteiger partial charge in [-0.05, 0) is 67.8 Å². The highest BCUT2D eigenvalue weighted by molar-refractivity contribution is 5.63. The molecular formula is C25H39N5. The third kappa shape index (κ3) is 8.11. The fourth-order valence-electron chi connectivity index (χ4n) is 2.34. The van der Waals surface area contributed by atoms with Crippen molar-refractivity contribution in [3.8, 4) is 11.4 Å². The molecule has 0 atom stereocenters. The van der Waals surface area contributed by atoms with E-state index in [1.165, 1.54) is 11.1 Å². The van der Waals surface area contributed by atoms with Crippen molar-refractivity contribution in [1.29, 1.82) is 0 Å². The standard InChI is InChI=1S/C19H21N5.3C2H6/c1-12-4-6-16(8-13(12)2)23-24-19-11-22-18(9-14(19)3)17-7-5-15(20)10-21-17;3*1-2/h4-11,23-24H,20H2,1-3H3;3*1-2H3. The third-order valence-electron chi connectivity index (χ3n) is 4.01. The lowest BCUT2D eigenvalue weighted by molar-refractivity contribution is 1.22. The van der Waals surface area contributed by atoms with Crippen LogP contribution < -0.4 is 16.6 Å². The molecule has 164 valence electrons. The zero-order valence-corrected chi connectivity index (χ0v) is 20.1. The SMILES string of the molecule is CC.CC.CC.Cc1ccc(NNc2cnc(-c3ccc(N)cn3)cc2C)cc1C. The molecule has 30 heavy (non-hydrogen) atoms. The van der Waals surface area contributed by atoms with Crippen LogP contribution in [0.3, 0.4) is 0 Å². The van der Waals surface area contributed by atoms with Crippen molar-refractivity contribution < 1.29 is 0 Å². The number of hydrazine groups is 1. The fraction of sp³-hybridized carbons (Fsp3) is 0.360. The summed E-state index contributed by atoms with van der Waals surface area (Å²) in [5, 5.41) is 0. The van der Waals surface area contributed by atoms with Crippen molar-refractivity contribution in [1.82, 2.24) is 9.97 Å². The lowest BCUT2D eigenvalue weighted by atomic mass is 10.1. The molecule has 0 amide bonds. The van der Waals surface area contributed by atoms with Crippen LogP contribution >= 0.6 is 0 Å². The maximum Gasteiger partial charge on any atom is 0.0890 e. The second-order valence-corrected chi connectivity index (χ2v) is 5.91. The van der Waals surface area contributed by atoms with E-state index >= 15 is 0 Å². The Bertz CT molecular complexity index is 858. The Labute approximate surface area is 183 Å². The summed E-state index contributed by atoms with van der Waals surface area (Å²) in [6, 6.07) is 12.0. The summed E-state index contributed by atoms with van der Waals surface area (Å²) in [6.45, 7) is 18.2. The van der Waals surface area contributed by atoms with Crippen LogP contribution in [0.25, 0.3) is 11.4 Å². The molecule has 0 saturated carbocycles. The van der Waals surface area contributed by atoms with Gasteiger partial charge in [0.2, 0.25) is 0 Å². The topological polar surface area (TPSA) is 75.9 Å². The Morgan fingerprint density at radius 1 is 0.633 bits per heavy atom. The van der Waals surface area contributed by atoms with Crippen molar-refractivity contribution in [2.24, 2.45) is 0 Å². The number of nitrogens with one attached hydrogen (secondary N) is 2. The molecule has 2 aromatic heterocycles. The lowest BCUT2D eigenvalue weighted by Crippen LogP contribution is -2.10. The first-order valence-corrected chi connectivity index (χ1v) is 10.8. The summed E-state index contributed by atoms with van der Waals surface area (Å²) < 4.78 is 0. The van der Waals surface area contributed by atoms with E-state index in [2.05, 4.69) is 46.8 Å². The minimum Gasteiger partial charge on any atom is -0.397 e. The van der Waals surface area contributed by atoms with E-state index in [0.717, 1.165) is 28.3 Å². The van der Waals surface area contributed by atoms with Gasteiger partial charge < -0.3 is 11.2 Å². The van der Waals surface area contributed by atoms with Crippen molar-refractivity contribution >= 4 is 17.1 Å². The second-order valence-electron chi connectivity index (χ2n) is 5.91. The first-order valence-electron chi connectivity index (χ1n) is 10.8. The average Bonchev–Trinajstić information content (AvgIpc) is 2.80. The quantitative estimate of drug-likeness (QED) is 0.398. The smallest absolute Gasteiger partial charge is 0.0890 e. The summed E-state index contributed by atoms with van der Waals surface area (Å²) in [5.74, 6) is 0. The molecule has 5 heteroatoms. The molecule has 0 spiro atoms. The van der Waals surface area contributed by atoms with Gasteiger partial charge in [-0.1, -0.05) is 47.6 Å². The van der Waals surface area contributed by atoms with Crippen molar-refractivity contribution in [3.05, 3.63) is 65.5 Å². The Hall–Kier alpha value is -3.08. The molecule has 0 bridgehead atoms. The van der Waals surface area contributed by atoms with Gasteiger partial charge in [0.05, 0.1) is 40.8 Å². The highest BCUT2D eigenvalue weighted by atomic mass is 15.4. The van der Waals surface area contributed by atoms with Crippen LogP contribution in [0.5, 0.6) is 0 Å². The van der Waals surface area contributed by atoms with Gasteiger partial charge in [-0.3, -0.25) is 15.4 Å². The Morgan fingerprint density at radius 2 is 1.27 bits per heavy atom. The molecule has 3 rings (SSSR count). The van der Waals surface area contributed by atoms with Crippen molar-refractivity contribution in [3.63, 3.8) is 0 Å². The number of nitrogen functional groups attached to an aromatic ring is 1. The summed E-state index contributed by atoms with van der Waals surface area (Å²) in [4.78, 5) is 8.78. The lowest BCUT2D eigenvalue weighted by Gasteiger charge is -2.13. The van der Waals surface area contributed by atoms with Crippen LogP contribution in [-0.4, -0.2) is 9.97 Å². The number of benzene rings is 1. The van der Waals surface area contributed by atoms with E-state index in [9.17, 15) is 0 Å². The van der Waals surface area contributed by atoms with Gasteiger partial charge in [0, 0.05) is 0 Å². The molecular weight excluding hydrogens is 370 g/mol. The van der Waals surface area contributed by atoms with E-state index in [1.54, 1.807) is 12.4 Å². The molecule has 0 unspecified atom stereocenters. The third-order valence-corrected chi connectivity index (χ3v) is 4.01. The summed E-state index contributed by atoms with van der Waals surface area (Å²) in [7, 11) is 0. The van der Waals surface area contributed by atoms with Gasteiger partial charge in [0.25, 0.3) is 0 Å². The summed E-state index contributed by atoms with van der Waals surface area (Å²) in [5.41, 5.74) is 19.9. The normalized spacial score (nSPS) is 8.97. The number of aryl methyl sites for hydroxylation is 3. The summed E-state index contributed by atoms with van der Waals surface area (Å²) >= 11 is 0. The highest BCUT2D eigenvalue weighted by Crippen LogP contribution is 2.22. The van der Waals surface area contributed by atoms with Crippen LogP contribution in [-0.2, 0) is 0 Å². The van der Waals surface area contributed by atoms with Crippen molar-refractivity contribution in [2.75, 3.05) is 16.6 Å². The molecule has 2 heterocycles. The number of pyridine rings is 2. The first-order chi connectivity index (χ1) is 14.5. The Morgan fingerprint density at radius 3 is 1.80 bits per heavy atom. The van der Waals surface area contributed by atoms with Gasteiger partial charge in [0.1, 0.15) is 0 Å². The number of rotatable bonds is 4. The highest BCUT2D eigenvalue weighted by Gasteiger charge is 2.05. The predicted octanol–water partition coefficient (Wildman–Crippen LogP) is 7.17. The van der Waals surface area contributed by atoms with Crippen LogP contribution in [0.15, 0.2) is 48.8 Å². The molecule has 3 aromatic rings. The number of anilines is 3. The van der Waals surface area contributed by atoms with E-state index in [4.69, 9.17) is 5.73 Å². The van der Waals surface area contributed by atoms with Gasteiger partial charge in [-0.2, -0.15) is 0 Å².